The van der Waals surface area contributed by atoms with Gasteiger partial charge in [-0.25, -0.2) is 4.79 Å². The van der Waals surface area contributed by atoms with Crippen LogP contribution in [-0.2, 0) is 10.3 Å². The second-order valence-corrected chi connectivity index (χ2v) is 8.79. The highest BCUT2D eigenvalue weighted by molar-refractivity contribution is 5.97. The van der Waals surface area contributed by atoms with E-state index in [0.29, 0.717) is 17.1 Å². The summed E-state index contributed by atoms with van der Waals surface area (Å²) in [6, 6.07) is 28.2. The highest BCUT2D eigenvalue weighted by Gasteiger charge is 2.53. The molecule has 2 aliphatic heterocycles. The molecule has 2 aliphatic rings. The Kier molecular flexibility index (Phi) is 4.15. The Bertz CT molecular complexity index is 1420. The zero-order valence-electron chi connectivity index (χ0n) is 18.8. The Hall–Kier alpha value is -4.05. The van der Waals surface area contributed by atoms with Crippen LogP contribution in [0.25, 0.3) is 0 Å². The van der Waals surface area contributed by atoms with Crippen LogP contribution >= 0.6 is 0 Å². The maximum atomic E-state index is 12.9. The fourth-order valence-corrected chi connectivity index (χ4v) is 4.90. The molecule has 0 amide bonds. The van der Waals surface area contributed by atoms with Gasteiger partial charge in [0.1, 0.15) is 11.5 Å². The summed E-state index contributed by atoms with van der Waals surface area (Å²) in [4.78, 5) is 15.1. The molecule has 4 heteroatoms. The van der Waals surface area contributed by atoms with Gasteiger partial charge in [-0.1, -0.05) is 48.0 Å². The first-order chi connectivity index (χ1) is 16.0. The molecular formula is C29H23NO3. The number of hydrogen-bond donors (Lipinski definition) is 0. The molecule has 2 heterocycles. The molecule has 0 radical (unpaired) electrons. The third kappa shape index (κ3) is 2.80. The maximum Gasteiger partial charge on any atom is 0.340 e. The lowest BCUT2D eigenvalue weighted by molar-refractivity contribution is 0.0224. The number of carbonyl (C=O) groups excluding carboxylic acids is 1. The third-order valence-electron chi connectivity index (χ3n) is 6.66. The fourth-order valence-electron chi connectivity index (χ4n) is 4.90. The topological polar surface area (TPSA) is 38.8 Å². The Balaban J connectivity index is 1.56. The average molecular weight is 434 g/mol. The summed E-state index contributed by atoms with van der Waals surface area (Å²) >= 11 is 0. The van der Waals surface area contributed by atoms with Gasteiger partial charge in [-0.15, -0.1) is 0 Å². The quantitative estimate of drug-likeness (QED) is 0.332. The van der Waals surface area contributed by atoms with Crippen molar-refractivity contribution in [2.75, 3.05) is 11.9 Å². The van der Waals surface area contributed by atoms with Crippen molar-refractivity contribution in [2.24, 2.45) is 0 Å². The van der Waals surface area contributed by atoms with E-state index in [0.717, 1.165) is 33.6 Å². The minimum absolute atomic E-state index is 0.314. The number of nitrogens with zero attached hydrogens (tertiary/aromatic N) is 1. The summed E-state index contributed by atoms with van der Waals surface area (Å²) in [5.74, 6) is 1.09. The lowest BCUT2D eigenvalue weighted by Crippen LogP contribution is -2.33. The lowest BCUT2D eigenvalue weighted by atomic mass is 9.77. The van der Waals surface area contributed by atoms with E-state index >= 15 is 0 Å². The van der Waals surface area contributed by atoms with Crippen LogP contribution in [0.1, 0.15) is 38.2 Å². The van der Waals surface area contributed by atoms with Crippen LogP contribution < -0.4 is 9.64 Å². The highest BCUT2D eigenvalue weighted by Crippen LogP contribution is 2.56. The highest BCUT2D eigenvalue weighted by atomic mass is 16.6. The summed E-state index contributed by atoms with van der Waals surface area (Å²) in [6.45, 7) is 4.11. The van der Waals surface area contributed by atoms with E-state index in [-0.39, 0.29) is 5.97 Å². The Morgan fingerprint density at radius 2 is 1.33 bits per heavy atom. The minimum Gasteiger partial charge on any atom is -0.456 e. The van der Waals surface area contributed by atoms with Crippen LogP contribution in [-0.4, -0.2) is 13.0 Å². The Labute approximate surface area is 193 Å². The van der Waals surface area contributed by atoms with Crippen molar-refractivity contribution in [1.82, 2.24) is 0 Å². The summed E-state index contributed by atoms with van der Waals surface area (Å²) in [5.41, 5.74) is 6.47. The second-order valence-electron chi connectivity index (χ2n) is 8.79. The van der Waals surface area contributed by atoms with Gasteiger partial charge in [-0.3, -0.25) is 0 Å². The Morgan fingerprint density at radius 3 is 2.12 bits per heavy atom. The monoisotopic (exact) mass is 433 g/mol. The molecule has 0 aromatic heterocycles. The largest absolute Gasteiger partial charge is 0.456 e. The van der Waals surface area contributed by atoms with Gasteiger partial charge in [0.15, 0.2) is 5.60 Å². The van der Waals surface area contributed by atoms with E-state index in [1.165, 1.54) is 5.56 Å². The van der Waals surface area contributed by atoms with Crippen LogP contribution in [0, 0.1) is 13.8 Å². The molecule has 4 aromatic carbocycles. The maximum absolute atomic E-state index is 12.9. The molecule has 0 saturated carbocycles. The summed E-state index contributed by atoms with van der Waals surface area (Å²) in [6.07, 6.45) is 0. The molecule has 0 N–H and O–H groups in total. The van der Waals surface area contributed by atoms with E-state index < -0.39 is 5.60 Å². The van der Waals surface area contributed by atoms with Gasteiger partial charge in [0.2, 0.25) is 0 Å². The number of fused-ring (bicyclic) bond motifs is 6. The van der Waals surface area contributed by atoms with Crippen LogP contribution in [0.4, 0.5) is 11.4 Å². The first-order valence-corrected chi connectivity index (χ1v) is 11.0. The molecule has 0 fully saturated rings. The first kappa shape index (κ1) is 19.6. The van der Waals surface area contributed by atoms with E-state index in [2.05, 4.69) is 42.2 Å². The normalized spacial score (nSPS) is 17.6. The number of aryl methyl sites for hydroxylation is 2. The van der Waals surface area contributed by atoms with Crippen LogP contribution in [0.2, 0.25) is 0 Å². The molecule has 1 atom stereocenters. The van der Waals surface area contributed by atoms with Gasteiger partial charge in [0.25, 0.3) is 0 Å². The standard InChI is InChI=1S/C29H23NO3/c1-18-8-11-20(12-9-18)30(3)21-13-15-25-27(17-21)32-26-16-19(2)10-14-24(26)29(25)23-7-5-4-6-22(23)28(31)33-29/h4-17H,1-3H3. The van der Waals surface area contributed by atoms with Gasteiger partial charge in [0.05, 0.1) is 5.56 Å². The van der Waals surface area contributed by atoms with Crippen molar-refractivity contribution in [2.45, 2.75) is 19.4 Å². The smallest absolute Gasteiger partial charge is 0.340 e. The van der Waals surface area contributed by atoms with E-state index in [9.17, 15) is 4.79 Å². The molecular weight excluding hydrogens is 410 g/mol. The van der Waals surface area contributed by atoms with Gasteiger partial charge < -0.3 is 14.4 Å². The van der Waals surface area contributed by atoms with E-state index in [4.69, 9.17) is 9.47 Å². The van der Waals surface area contributed by atoms with Crippen LogP contribution in [0.5, 0.6) is 11.5 Å². The summed E-state index contributed by atoms with van der Waals surface area (Å²) in [5, 5.41) is 0. The SMILES string of the molecule is Cc1ccc(N(C)c2ccc3c(c2)Oc2cc(C)ccc2C32OC(=O)c3ccccc32)cc1. The molecule has 0 saturated heterocycles. The molecule has 0 bridgehead atoms. The summed E-state index contributed by atoms with van der Waals surface area (Å²) in [7, 11) is 2.04. The predicted octanol–water partition coefficient (Wildman–Crippen LogP) is 6.64. The van der Waals surface area contributed by atoms with Crippen molar-refractivity contribution in [3.8, 4) is 11.5 Å². The van der Waals surface area contributed by atoms with E-state index in [1.54, 1.807) is 0 Å². The van der Waals surface area contributed by atoms with Crippen LogP contribution in [0.3, 0.4) is 0 Å². The molecule has 4 aromatic rings. The number of ether oxygens (including phenoxy) is 2. The number of anilines is 2. The molecule has 1 spiro atoms. The molecule has 0 aliphatic carbocycles. The van der Waals surface area contributed by atoms with Gasteiger partial charge >= 0.3 is 5.97 Å². The van der Waals surface area contributed by atoms with Crippen LogP contribution in [0.15, 0.2) is 84.9 Å². The van der Waals surface area contributed by atoms with Crippen molar-refractivity contribution in [3.05, 3.63) is 118 Å². The molecule has 1 unspecified atom stereocenters. The molecule has 33 heavy (non-hydrogen) atoms. The average Bonchev–Trinajstić information content (AvgIpc) is 3.12. The third-order valence-corrected chi connectivity index (χ3v) is 6.66. The molecule has 4 nitrogen and oxygen atoms in total. The minimum atomic E-state index is -1.02. The zero-order chi connectivity index (χ0) is 22.7. The number of carbonyl (C=O) groups is 1. The fraction of sp³-hybridized carbons (Fsp3) is 0.138. The predicted molar refractivity (Wildman–Crippen MR) is 129 cm³/mol. The van der Waals surface area contributed by atoms with Gasteiger partial charge in [-0.05, 0) is 55.8 Å². The Morgan fingerprint density at radius 1 is 0.697 bits per heavy atom. The molecule has 162 valence electrons. The number of rotatable bonds is 2. The van der Waals surface area contributed by atoms with Crippen molar-refractivity contribution >= 4 is 17.3 Å². The number of benzene rings is 4. The number of esters is 1. The van der Waals surface area contributed by atoms with Gasteiger partial charge in [0, 0.05) is 41.2 Å². The first-order valence-electron chi connectivity index (χ1n) is 11.0. The summed E-state index contributed by atoms with van der Waals surface area (Å²) < 4.78 is 12.6. The van der Waals surface area contributed by atoms with E-state index in [1.807, 2.05) is 68.6 Å². The van der Waals surface area contributed by atoms with Crippen molar-refractivity contribution in [1.29, 1.82) is 0 Å². The van der Waals surface area contributed by atoms with Crippen molar-refractivity contribution < 1.29 is 14.3 Å². The second kappa shape index (κ2) is 6.97. The number of hydrogen-bond acceptors (Lipinski definition) is 4. The molecule has 6 rings (SSSR count). The van der Waals surface area contributed by atoms with Crippen molar-refractivity contribution in [3.63, 3.8) is 0 Å². The van der Waals surface area contributed by atoms with Gasteiger partial charge in [-0.2, -0.15) is 0 Å². The lowest BCUT2D eigenvalue weighted by Gasteiger charge is -2.37. The zero-order valence-corrected chi connectivity index (χ0v) is 18.8.